The molecule has 114 valence electrons. The van der Waals surface area contributed by atoms with Gasteiger partial charge in [0.15, 0.2) is 0 Å². The Labute approximate surface area is 125 Å². The van der Waals surface area contributed by atoms with E-state index in [9.17, 15) is 9.18 Å². The number of halogens is 1. The lowest BCUT2D eigenvalue weighted by Gasteiger charge is -2.49. The van der Waals surface area contributed by atoms with Crippen LogP contribution in [0.3, 0.4) is 0 Å². The van der Waals surface area contributed by atoms with Crippen LogP contribution in [0, 0.1) is 12.7 Å². The van der Waals surface area contributed by atoms with E-state index in [4.69, 9.17) is 0 Å². The van der Waals surface area contributed by atoms with Gasteiger partial charge in [0.2, 0.25) is 0 Å². The highest BCUT2D eigenvalue weighted by molar-refractivity contribution is 5.95. The maximum Gasteiger partial charge on any atom is 0.254 e. The SMILES string of the molecule is Cc1cc(F)cc(C(=O)N2CCNCC23CCCCC3)c1. The average molecular weight is 290 g/mol. The van der Waals surface area contributed by atoms with E-state index in [0.29, 0.717) is 12.1 Å². The van der Waals surface area contributed by atoms with Crippen molar-refractivity contribution in [1.82, 2.24) is 10.2 Å². The summed E-state index contributed by atoms with van der Waals surface area (Å²) in [4.78, 5) is 14.9. The molecule has 1 saturated heterocycles. The van der Waals surface area contributed by atoms with Crippen molar-refractivity contribution in [2.45, 2.75) is 44.6 Å². The average Bonchev–Trinajstić information content (AvgIpc) is 2.47. The monoisotopic (exact) mass is 290 g/mol. The molecule has 1 N–H and O–H groups in total. The summed E-state index contributed by atoms with van der Waals surface area (Å²) in [5.74, 6) is -0.341. The van der Waals surface area contributed by atoms with Gasteiger partial charge in [-0.05, 0) is 43.5 Å². The molecule has 1 heterocycles. The molecule has 0 bridgehead atoms. The van der Waals surface area contributed by atoms with E-state index in [-0.39, 0.29) is 17.3 Å². The van der Waals surface area contributed by atoms with Crippen LogP contribution in [-0.2, 0) is 0 Å². The smallest absolute Gasteiger partial charge is 0.254 e. The van der Waals surface area contributed by atoms with E-state index in [1.807, 2.05) is 11.8 Å². The van der Waals surface area contributed by atoms with E-state index in [1.54, 1.807) is 6.07 Å². The summed E-state index contributed by atoms with van der Waals surface area (Å²) >= 11 is 0. The van der Waals surface area contributed by atoms with Crippen LogP contribution in [0.1, 0.15) is 48.0 Å². The largest absolute Gasteiger partial charge is 0.330 e. The highest BCUT2D eigenvalue weighted by Crippen LogP contribution is 2.35. The van der Waals surface area contributed by atoms with Crippen LogP contribution >= 0.6 is 0 Å². The molecule has 0 aromatic heterocycles. The van der Waals surface area contributed by atoms with E-state index < -0.39 is 0 Å². The molecule has 1 aromatic rings. The molecule has 2 aliphatic rings. The van der Waals surface area contributed by atoms with E-state index in [2.05, 4.69) is 5.32 Å². The fourth-order valence-corrected chi connectivity index (χ4v) is 3.83. The van der Waals surface area contributed by atoms with Gasteiger partial charge in [-0.3, -0.25) is 4.79 Å². The van der Waals surface area contributed by atoms with Crippen LogP contribution in [0.5, 0.6) is 0 Å². The minimum Gasteiger partial charge on any atom is -0.330 e. The number of benzene rings is 1. The number of hydrogen-bond donors (Lipinski definition) is 1. The van der Waals surface area contributed by atoms with Crippen LogP contribution in [0.4, 0.5) is 4.39 Å². The first kappa shape index (κ1) is 14.5. The molecule has 1 saturated carbocycles. The molecule has 3 rings (SSSR count). The summed E-state index contributed by atoms with van der Waals surface area (Å²) < 4.78 is 13.6. The number of hydrogen-bond acceptors (Lipinski definition) is 2. The number of amides is 1. The minimum atomic E-state index is -0.328. The number of carbonyl (C=O) groups is 1. The Morgan fingerprint density at radius 1 is 1.24 bits per heavy atom. The summed E-state index contributed by atoms with van der Waals surface area (Å²) in [5, 5.41) is 3.44. The third-order valence-corrected chi connectivity index (χ3v) is 4.86. The van der Waals surface area contributed by atoms with Crippen molar-refractivity contribution in [2.75, 3.05) is 19.6 Å². The van der Waals surface area contributed by atoms with Crippen molar-refractivity contribution >= 4 is 5.91 Å². The molecule has 1 aromatic carbocycles. The van der Waals surface area contributed by atoms with Crippen molar-refractivity contribution in [2.24, 2.45) is 0 Å². The number of rotatable bonds is 1. The first-order chi connectivity index (χ1) is 10.1. The van der Waals surface area contributed by atoms with Crippen LogP contribution in [-0.4, -0.2) is 36.0 Å². The second-order valence-electron chi connectivity index (χ2n) is 6.44. The second-order valence-corrected chi connectivity index (χ2v) is 6.44. The Hall–Kier alpha value is -1.42. The van der Waals surface area contributed by atoms with Crippen LogP contribution in [0.2, 0.25) is 0 Å². The molecular weight excluding hydrogens is 267 g/mol. The van der Waals surface area contributed by atoms with Crippen molar-refractivity contribution in [1.29, 1.82) is 0 Å². The Morgan fingerprint density at radius 2 is 2.00 bits per heavy atom. The number of nitrogens with one attached hydrogen (secondary N) is 1. The predicted molar refractivity (Wildman–Crippen MR) is 80.9 cm³/mol. The van der Waals surface area contributed by atoms with E-state index in [1.165, 1.54) is 31.4 Å². The number of nitrogens with zero attached hydrogens (tertiary/aromatic N) is 1. The van der Waals surface area contributed by atoms with E-state index >= 15 is 0 Å². The summed E-state index contributed by atoms with van der Waals surface area (Å²) in [5.41, 5.74) is 1.22. The molecule has 2 fully saturated rings. The zero-order chi connectivity index (χ0) is 14.9. The molecular formula is C17H23FN2O. The van der Waals surface area contributed by atoms with Gasteiger partial charge in [-0.25, -0.2) is 4.39 Å². The van der Waals surface area contributed by atoms with Crippen molar-refractivity contribution in [3.8, 4) is 0 Å². The number of carbonyl (C=O) groups excluding carboxylic acids is 1. The third-order valence-electron chi connectivity index (χ3n) is 4.86. The van der Waals surface area contributed by atoms with Gasteiger partial charge in [0.05, 0.1) is 5.54 Å². The standard InChI is InChI=1S/C17H23FN2O/c1-13-9-14(11-15(18)10-13)16(21)20-8-7-19-12-17(20)5-3-2-4-6-17/h9-11,19H,2-8,12H2,1H3. The maximum absolute atomic E-state index is 13.6. The third kappa shape index (κ3) is 2.82. The van der Waals surface area contributed by atoms with Crippen LogP contribution in [0.15, 0.2) is 18.2 Å². The van der Waals surface area contributed by atoms with Gasteiger partial charge in [-0.1, -0.05) is 19.3 Å². The van der Waals surface area contributed by atoms with Gasteiger partial charge in [-0.15, -0.1) is 0 Å². The predicted octanol–water partition coefficient (Wildman–Crippen LogP) is 2.88. The van der Waals surface area contributed by atoms with Crippen molar-refractivity contribution in [3.63, 3.8) is 0 Å². The topological polar surface area (TPSA) is 32.3 Å². The quantitative estimate of drug-likeness (QED) is 0.862. The summed E-state index contributed by atoms with van der Waals surface area (Å²) in [6.07, 6.45) is 5.71. The first-order valence-electron chi connectivity index (χ1n) is 7.91. The zero-order valence-corrected chi connectivity index (χ0v) is 12.6. The lowest BCUT2D eigenvalue weighted by atomic mass is 9.78. The normalized spacial score (nSPS) is 21.5. The molecule has 1 amide bonds. The van der Waals surface area contributed by atoms with Gasteiger partial charge in [0.25, 0.3) is 5.91 Å². The Kier molecular flexibility index (Phi) is 3.98. The molecule has 1 aliphatic heterocycles. The Morgan fingerprint density at radius 3 is 2.71 bits per heavy atom. The molecule has 1 spiro atoms. The molecule has 3 nitrogen and oxygen atoms in total. The van der Waals surface area contributed by atoms with Crippen molar-refractivity contribution < 1.29 is 9.18 Å². The number of aryl methyl sites for hydroxylation is 1. The minimum absolute atomic E-state index is 0.0130. The van der Waals surface area contributed by atoms with Crippen molar-refractivity contribution in [3.05, 3.63) is 35.1 Å². The molecule has 0 atom stereocenters. The highest BCUT2D eigenvalue weighted by Gasteiger charge is 2.42. The molecule has 4 heteroatoms. The van der Waals surface area contributed by atoms with Gasteiger partial charge in [0.1, 0.15) is 5.82 Å². The maximum atomic E-state index is 13.6. The summed E-state index contributed by atoms with van der Waals surface area (Å²) in [7, 11) is 0. The van der Waals surface area contributed by atoms with E-state index in [0.717, 1.165) is 31.5 Å². The highest BCUT2D eigenvalue weighted by atomic mass is 19.1. The molecule has 0 unspecified atom stereocenters. The lowest BCUT2D eigenvalue weighted by molar-refractivity contribution is 0.0222. The fourth-order valence-electron chi connectivity index (χ4n) is 3.83. The first-order valence-corrected chi connectivity index (χ1v) is 7.91. The number of piperazine rings is 1. The van der Waals surface area contributed by atoms with Gasteiger partial charge < -0.3 is 10.2 Å². The van der Waals surface area contributed by atoms with Gasteiger partial charge in [-0.2, -0.15) is 0 Å². The van der Waals surface area contributed by atoms with Crippen LogP contribution < -0.4 is 5.32 Å². The van der Waals surface area contributed by atoms with Crippen LogP contribution in [0.25, 0.3) is 0 Å². The summed E-state index contributed by atoms with van der Waals surface area (Å²) in [6, 6.07) is 4.63. The lowest BCUT2D eigenvalue weighted by Crippen LogP contribution is -2.63. The molecule has 0 radical (unpaired) electrons. The molecule has 21 heavy (non-hydrogen) atoms. The second kappa shape index (κ2) is 5.76. The Balaban J connectivity index is 1.90. The summed E-state index contributed by atoms with van der Waals surface area (Å²) in [6.45, 7) is 4.23. The fraction of sp³-hybridized carbons (Fsp3) is 0.588. The zero-order valence-electron chi connectivity index (χ0n) is 12.6. The molecule has 1 aliphatic carbocycles. The van der Waals surface area contributed by atoms with Gasteiger partial charge in [0, 0.05) is 25.2 Å². The van der Waals surface area contributed by atoms with Gasteiger partial charge >= 0.3 is 0 Å². The Bertz CT molecular complexity index is 509.